The van der Waals surface area contributed by atoms with Crippen molar-refractivity contribution in [1.29, 1.82) is 0 Å². The maximum atomic E-state index is 14.0. The van der Waals surface area contributed by atoms with Gasteiger partial charge in [-0.3, -0.25) is 4.79 Å². The van der Waals surface area contributed by atoms with Crippen molar-refractivity contribution in [2.75, 3.05) is 19.8 Å². The second-order valence-electron chi connectivity index (χ2n) is 8.46. The molecule has 2 aliphatic heterocycles. The number of nitrogens with zero attached hydrogens (tertiary/aromatic N) is 1. The van der Waals surface area contributed by atoms with Gasteiger partial charge in [-0.2, -0.15) is 0 Å². The Kier molecular flexibility index (Phi) is 4.76. The van der Waals surface area contributed by atoms with E-state index in [1.807, 2.05) is 23.1 Å². The average Bonchev–Trinajstić information content (AvgIpc) is 3.14. The maximum Gasteiger partial charge on any atom is 0.237 e. The molecule has 1 fully saturated rings. The largest absolute Gasteiger partial charge is 0.490 e. The normalized spacial score (nSPS) is 19.9. The molecule has 0 spiro atoms. The van der Waals surface area contributed by atoms with Crippen molar-refractivity contribution in [3.05, 3.63) is 65.5 Å². The molecule has 5 rings (SSSR count). The first kappa shape index (κ1) is 19.2. The fraction of sp³-hybridized carbons (Fsp3) is 0.400. The molecular formula is C25H26FNO3. The Balaban J connectivity index is 1.50. The molecule has 2 aromatic carbocycles. The molecule has 4 nitrogen and oxygen atoms in total. The van der Waals surface area contributed by atoms with Crippen LogP contribution in [0.4, 0.5) is 4.39 Å². The van der Waals surface area contributed by atoms with Gasteiger partial charge < -0.3 is 14.4 Å². The lowest BCUT2D eigenvalue weighted by atomic mass is 9.76. The lowest BCUT2D eigenvalue weighted by Gasteiger charge is -2.38. The van der Waals surface area contributed by atoms with Gasteiger partial charge in [-0.25, -0.2) is 4.39 Å². The zero-order chi connectivity index (χ0) is 20.7. The van der Waals surface area contributed by atoms with E-state index >= 15 is 0 Å². The summed E-state index contributed by atoms with van der Waals surface area (Å²) in [7, 11) is 0. The standard InChI is InChI=1S/C25H26FNO3/c1-17-21-16-23-22(29-12-5-13-30-23)14-18(21)8-11-27(17)24(28)25(9-2-3-10-25)19-6-4-7-20(26)15-19/h4,6-7,14-16H,1-3,5,8-13H2. The summed E-state index contributed by atoms with van der Waals surface area (Å²) < 4.78 is 25.7. The predicted molar refractivity (Wildman–Crippen MR) is 113 cm³/mol. The van der Waals surface area contributed by atoms with Crippen LogP contribution in [0.2, 0.25) is 0 Å². The Morgan fingerprint density at radius 1 is 1.03 bits per heavy atom. The molecular weight excluding hydrogens is 381 g/mol. The molecule has 1 amide bonds. The molecule has 3 aliphatic rings. The molecule has 0 N–H and O–H groups in total. The quantitative estimate of drug-likeness (QED) is 0.714. The summed E-state index contributed by atoms with van der Waals surface area (Å²) in [5.41, 5.74) is 2.86. The Bertz CT molecular complexity index is 1010. The fourth-order valence-corrected chi connectivity index (χ4v) is 5.11. The summed E-state index contributed by atoms with van der Waals surface area (Å²) in [6.07, 6.45) is 5.01. The zero-order valence-electron chi connectivity index (χ0n) is 17.1. The SMILES string of the molecule is C=C1c2cc3c(cc2CCN1C(=O)C1(c2cccc(F)c2)CCCC1)OCCCO3. The van der Waals surface area contributed by atoms with E-state index in [2.05, 4.69) is 6.58 Å². The highest BCUT2D eigenvalue weighted by atomic mass is 19.1. The van der Waals surface area contributed by atoms with Gasteiger partial charge in [-0.15, -0.1) is 0 Å². The van der Waals surface area contributed by atoms with E-state index in [-0.39, 0.29) is 11.7 Å². The van der Waals surface area contributed by atoms with Gasteiger partial charge in [0.1, 0.15) is 5.82 Å². The second kappa shape index (κ2) is 7.46. The molecule has 2 heterocycles. The summed E-state index contributed by atoms with van der Waals surface area (Å²) in [4.78, 5) is 15.7. The molecule has 0 radical (unpaired) electrons. The molecule has 0 unspecified atom stereocenters. The lowest BCUT2D eigenvalue weighted by molar-refractivity contribution is -0.134. The third-order valence-electron chi connectivity index (χ3n) is 6.70. The highest BCUT2D eigenvalue weighted by molar-refractivity contribution is 5.96. The molecule has 1 aliphatic carbocycles. The van der Waals surface area contributed by atoms with E-state index < -0.39 is 5.41 Å². The van der Waals surface area contributed by atoms with Crippen LogP contribution in [-0.4, -0.2) is 30.6 Å². The number of hydrogen-bond acceptors (Lipinski definition) is 3. The zero-order valence-corrected chi connectivity index (χ0v) is 17.1. The van der Waals surface area contributed by atoms with E-state index in [1.165, 1.54) is 12.1 Å². The molecule has 1 saturated carbocycles. The van der Waals surface area contributed by atoms with Crippen molar-refractivity contribution in [2.24, 2.45) is 0 Å². The maximum absolute atomic E-state index is 14.0. The van der Waals surface area contributed by atoms with Crippen LogP contribution < -0.4 is 9.47 Å². The van der Waals surface area contributed by atoms with Gasteiger partial charge in [0.25, 0.3) is 0 Å². The van der Waals surface area contributed by atoms with Crippen molar-refractivity contribution in [3.63, 3.8) is 0 Å². The fourth-order valence-electron chi connectivity index (χ4n) is 5.11. The van der Waals surface area contributed by atoms with Crippen LogP contribution in [-0.2, 0) is 16.6 Å². The van der Waals surface area contributed by atoms with Gasteiger partial charge in [0.05, 0.1) is 18.6 Å². The first-order chi connectivity index (χ1) is 14.6. The molecule has 0 bridgehead atoms. The van der Waals surface area contributed by atoms with Crippen LogP contribution in [0.15, 0.2) is 43.0 Å². The molecule has 2 aromatic rings. The third-order valence-corrected chi connectivity index (χ3v) is 6.70. The minimum atomic E-state index is -0.673. The van der Waals surface area contributed by atoms with Crippen molar-refractivity contribution in [2.45, 2.75) is 43.9 Å². The number of carbonyl (C=O) groups excluding carboxylic acids is 1. The molecule has 0 saturated heterocycles. The van der Waals surface area contributed by atoms with Crippen LogP contribution in [0.1, 0.15) is 48.8 Å². The van der Waals surface area contributed by atoms with E-state index in [4.69, 9.17) is 9.47 Å². The van der Waals surface area contributed by atoms with Gasteiger partial charge in [0.15, 0.2) is 11.5 Å². The van der Waals surface area contributed by atoms with Crippen LogP contribution >= 0.6 is 0 Å². The average molecular weight is 407 g/mol. The first-order valence-corrected chi connectivity index (χ1v) is 10.8. The van der Waals surface area contributed by atoms with Gasteiger partial charge in [-0.1, -0.05) is 31.6 Å². The van der Waals surface area contributed by atoms with Crippen molar-refractivity contribution >= 4 is 11.6 Å². The van der Waals surface area contributed by atoms with E-state index in [0.717, 1.165) is 61.0 Å². The number of carbonyl (C=O) groups is 1. The van der Waals surface area contributed by atoms with Crippen LogP contribution in [0.25, 0.3) is 5.70 Å². The van der Waals surface area contributed by atoms with Gasteiger partial charge in [-0.05, 0) is 54.7 Å². The monoisotopic (exact) mass is 407 g/mol. The molecule has 0 atom stereocenters. The number of hydrogen-bond donors (Lipinski definition) is 0. The lowest BCUT2D eigenvalue weighted by Crippen LogP contribution is -2.46. The number of ether oxygens (including phenoxy) is 2. The number of rotatable bonds is 2. The topological polar surface area (TPSA) is 38.8 Å². The number of halogens is 1. The summed E-state index contributed by atoms with van der Waals surface area (Å²) in [6, 6.07) is 10.5. The molecule has 30 heavy (non-hydrogen) atoms. The van der Waals surface area contributed by atoms with Gasteiger partial charge in [0.2, 0.25) is 5.91 Å². The van der Waals surface area contributed by atoms with Crippen molar-refractivity contribution in [1.82, 2.24) is 4.90 Å². The van der Waals surface area contributed by atoms with Crippen molar-refractivity contribution in [3.8, 4) is 11.5 Å². The highest BCUT2D eigenvalue weighted by Gasteiger charge is 2.46. The van der Waals surface area contributed by atoms with Crippen LogP contribution in [0, 0.1) is 5.82 Å². The Hall–Kier alpha value is -2.82. The number of fused-ring (bicyclic) bond motifs is 2. The van der Waals surface area contributed by atoms with E-state index in [0.29, 0.717) is 31.2 Å². The molecule has 156 valence electrons. The summed E-state index contributed by atoms with van der Waals surface area (Å²) in [5, 5.41) is 0. The summed E-state index contributed by atoms with van der Waals surface area (Å²) in [5.74, 6) is 1.22. The Morgan fingerprint density at radius 2 is 1.77 bits per heavy atom. The second-order valence-corrected chi connectivity index (χ2v) is 8.46. The third kappa shape index (κ3) is 3.08. The smallest absolute Gasteiger partial charge is 0.237 e. The number of amides is 1. The molecule has 0 aromatic heterocycles. The molecule has 5 heteroatoms. The first-order valence-electron chi connectivity index (χ1n) is 10.8. The summed E-state index contributed by atoms with van der Waals surface area (Å²) >= 11 is 0. The van der Waals surface area contributed by atoms with Crippen molar-refractivity contribution < 1.29 is 18.7 Å². The van der Waals surface area contributed by atoms with Crippen LogP contribution in [0.5, 0.6) is 11.5 Å². The Morgan fingerprint density at radius 3 is 2.50 bits per heavy atom. The predicted octanol–water partition coefficient (Wildman–Crippen LogP) is 4.85. The highest BCUT2D eigenvalue weighted by Crippen LogP contribution is 2.45. The number of benzene rings is 2. The minimum absolute atomic E-state index is 0.0355. The van der Waals surface area contributed by atoms with Gasteiger partial charge >= 0.3 is 0 Å². The van der Waals surface area contributed by atoms with E-state index in [9.17, 15) is 9.18 Å². The minimum Gasteiger partial charge on any atom is -0.490 e. The van der Waals surface area contributed by atoms with Crippen LogP contribution in [0.3, 0.4) is 0 Å². The van der Waals surface area contributed by atoms with E-state index in [1.54, 1.807) is 6.07 Å². The summed E-state index contributed by atoms with van der Waals surface area (Å²) in [6.45, 7) is 6.11. The Labute approximate surface area is 176 Å². The van der Waals surface area contributed by atoms with Gasteiger partial charge in [0, 0.05) is 24.2 Å².